The molecule has 3 rings (SSSR count). The van der Waals surface area contributed by atoms with Gasteiger partial charge in [-0.3, -0.25) is 5.43 Å². The van der Waals surface area contributed by atoms with Crippen LogP contribution in [-0.2, 0) is 0 Å². The Morgan fingerprint density at radius 1 is 1.06 bits per heavy atom. The van der Waals surface area contributed by atoms with Crippen molar-refractivity contribution in [2.24, 2.45) is 5.10 Å². The number of hydrogen-bond donors (Lipinski definition) is 1. The standard InChI is InChI=1S/C13H9FN2S/c14-10-6-7-11-12(8-10)17-13(16-15-11)9-4-2-1-3-5-9/h1-8,15H. The van der Waals surface area contributed by atoms with Gasteiger partial charge in [-0.1, -0.05) is 42.1 Å². The van der Waals surface area contributed by atoms with Crippen LogP contribution in [0.3, 0.4) is 0 Å². The summed E-state index contributed by atoms with van der Waals surface area (Å²) in [5.74, 6) is -0.229. The summed E-state index contributed by atoms with van der Waals surface area (Å²) < 4.78 is 13.1. The highest BCUT2D eigenvalue weighted by atomic mass is 32.2. The number of anilines is 1. The first kappa shape index (κ1) is 10.4. The monoisotopic (exact) mass is 244 g/mol. The summed E-state index contributed by atoms with van der Waals surface area (Å²) in [6.07, 6.45) is 0. The van der Waals surface area contributed by atoms with Crippen molar-refractivity contribution in [2.75, 3.05) is 5.43 Å². The smallest absolute Gasteiger partial charge is 0.128 e. The minimum atomic E-state index is -0.229. The Balaban J connectivity index is 1.96. The molecule has 0 fully saturated rings. The molecule has 1 heterocycles. The Labute approximate surface area is 103 Å². The Morgan fingerprint density at radius 2 is 1.88 bits per heavy atom. The average molecular weight is 244 g/mol. The summed E-state index contributed by atoms with van der Waals surface area (Å²) in [7, 11) is 0. The predicted molar refractivity (Wildman–Crippen MR) is 68.9 cm³/mol. The number of rotatable bonds is 1. The molecule has 1 N–H and O–H groups in total. The third-order valence-electron chi connectivity index (χ3n) is 2.45. The van der Waals surface area contributed by atoms with E-state index in [1.807, 2.05) is 30.3 Å². The van der Waals surface area contributed by atoms with Gasteiger partial charge in [0, 0.05) is 10.5 Å². The highest BCUT2D eigenvalue weighted by molar-refractivity contribution is 8.14. The molecule has 0 aromatic heterocycles. The number of nitrogens with zero attached hydrogens (tertiary/aromatic N) is 1. The largest absolute Gasteiger partial charge is 0.276 e. The van der Waals surface area contributed by atoms with Gasteiger partial charge in [-0.2, -0.15) is 5.10 Å². The van der Waals surface area contributed by atoms with Gasteiger partial charge < -0.3 is 0 Å². The number of hydrogen-bond acceptors (Lipinski definition) is 3. The number of halogens is 1. The molecule has 0 saturated heterocycles. The molecule has 84 valence electrons. The Kier molecular flexibility index (Phi) is 2.57. The first-order valence-corrected chi connectivity index (χ1v) is 6.01. The predicted octanol–water partition coefficient (Wildman–Crippen LogP) is 3.71. The molecule has 0 bridgehead atoms. The van der Waals surface area contributed by atoms with Gasteiger partial charge in [-0.05, 0) is 18.2 Å². The van der Waals surface area contributed by atoms with Crippen LogP contribution in [0.1, 0.15) is 5.56 Å². The van der Waals surface area contributed by atoms with E-state index in [1.165, 1.54) is 23.9 Å². The van der Waals surface area contributed by atoms with Crippen molar-refractivity contribution < 1.29 is 4.39 Å². The molecule has 1 aliphatic rings. The maximum Gasteiger partial charge on any atom is 0.128 e. The Morgan fingerprint density at radius 3 is 2.71 bits per heavy atom. The highest BCUT2D eigenvalue weighted by Crippen LogP contribution is 2.34. The lowest BCUT2D eigenvalue weighted by Crippen LogP contribution is -2.06. The van der Waals surface area contributed by atoms with Crippen LogP contribution in [-0.4, -0.2) is 5.04 Å². The molecule has 0 saturated carbocycles. The number of fused-ring (bicyclic) bond motifs is 1. The van der Waals surface area contributed by atoms with Crippen LogP contribution in [0.15, 0.2) is 58.5 Å². The van der Waals surface area contributed by atoms with Crippen molar-refractivity contribution in [3.8, 4) is 0 Å². The lowest BCUT2D eigenvalue weighted by atomic mass is 10.2. The summed E-state index contributed by atoms with van der Waals surface area (Å²) in [5, 5.41) is 5.13. The first-order chi connectivity index (χ1) is 8.33. The highest BCUT2D eigenvalue weighted by Gasteiger charge is 2.15. The minimum absolute atomic E-state index is 0.229. The normalized spacial score (nSPS) is 13.6. The maximum absolute atomic E-state index is 13.1. The van der Waals surface area contributed by atoms with Crippen molar-refractivity contribution in [3.05, 3.63) is 59.9 Å². The molecule has 1 aliphatic heterocycles. The van der Waals surface area contributed by atoms with E-state index in [1.54, 1.807) is 6.07 Å². The van der Waals surface area contributed by atoms with Crippen LogP contribution in [0, 0.1) is 5.82 Å². The molecule has 2 nitrogen and oxygen atoms in total. The van der Waals surface area contributed by atoms with Gasteiger partial charge in [0.1, 0.15) is 10.9 Å². The molecular weight excluding hydrogens is 235 g/mol. The van der Waals surface area contributed by atoms with Crippen molar-refractivity contribution in [1.29, 1.82) is 0 Å². The fraction of sp³-hybridized carbons (Fsp3) is 0. The van der Waals surface area contributed by atoms with Crippen LogP contribution >= 0.6 is 11.8 Å². The third kappa shape index (κ3) is 2.03. The fourth-order valence-electron chi connectivity index (χ4n) is 1.62. The number of thioether (sulfide) groups is 1. The van der Waals surface area contributed by atoms with E-state index in [0.717, 1.165) is 21.2 Å². The van der Waals surface area contributed by atoms with E-state index in [9.17, 15) is 4.39 Å². The van der Waals surface area contributed by atoms with Gasteiger partial charge in [-0.15, -0.1) is 0 Å². The molecule has 0 aliphatic carbocycles. The number of nitrogens with one attached hydrogen (secondary N) is 1. The molecule has 0 spiro atoms. The average Bonchev–Trinajstić information content (AvgIpc) is 2.39. The quantitative estimate of drug-likeness (QED) is 0.827. The molecular formula is C13H9FN2S. The fourth-order valence-corrected chi connectivity index (χ4v) is 2.56. The number of benzene rings is 2. The molecule has 17 heavy (non-hydrogen) atoms. The van der Waals surface area contributed by atoms with Crippen LogP contribution in [0.5, 0.6) is 0 Å². The maximum atomic E-state index is 13.1. The summed E-state index contributed by atoms with van der Waals surface area (Å²) >= 11 is 1.47. The second-order valence-electron chi connectivity index (χ2n) is 3.64. The van der Waals surface area contributed by atoms with Gasteiger partial charge in [0.2, 0.25) is 0 Å². The van der Waals surface area contributed by atoms with Crippen LogP contribution in [0.4, 0.5) is 10.1 Å². The topological polar surface area (TPSA) is 24.4 Å². The van der Waals surface area contributed by atoms with Gasteiger partial charge in [0.05, 0.1) is 5.69 Å². The molecule has 0 amide bonds. The first-order valence-electron chi connectivity index (χ1n) is 5.19. The summed E-state index contributed by atoms with van der Waals surface area (Å²) in [5.41, 5.74) is 4.81. The molecule has 2 aromatic rings. The minimum Gasteiger partial charge on any atom is -0.276 e. The van der Waals surface area contributed by atoms with E-state index < -0.39 is 0 Å². The molecule has 0 atom stereocenters. The Hall–Kier alpha value is -1.81. The van der Waals surface area contributed by atoms with Gasteiger partial charge in [0.25, 0.3) is 0 Å². The van der Waals surface area contributed by atoms with Crippen molar-refractivity contribution in [3.63, 3.8) is 0 Å². The molecule has 0 radical (unpaired) electrons. The van der Waals surface area contributed by atoms with Crippen LogP contribution in [0.2, 0.25) is 0 Å². The zero-order chi connectivity index (χ0) is 11.7. The molecule has 2 aromatic carbocycles. The van der Waals surface area contributed by atoms with E-state index in [0.29, 0.717) is 0 Å². The lowest BCUT2D eigenvalue weighted by molar-refractivity contribution is 0.624. The van der Waals surface area contributed by atoms with Crippen LogP contribution in [0.25, 0.3) is 0 Å². The zero-order valence-corrected chi connectivity index (χ0v) is 9.67. The SMILES string of the molecule is Fc1ccc2c(c1)SC(c1ccccc1)=NN2. The van der Waals surface area contributed by atoms with Crippen molar-refractivity contribution in [2.45, 2.75) is 4.90 Å². The van der Waals surface area contributed by atoms with Crippen molar-refractivity contribution >= 4 is 22.5 Å². The number of hydrazone groups is 1. The summed E-state index contributed by atoms with van der Waals surface area (Å²) in [6, 6.07) is 14.5. The van der Waals surface area contributed by atoms with Crippen LogP contribution < -0.4 is 5.43 Å². The third-order valence-corrected chi connectivity index (χ3v) is 3.53. The Bertz CT molecular complexity index is 581. The second kappa shape index (κ2) is 4.22. The summed E-state index contributed by atoms with van der Waals surface area (Å²) in [4.78, 5) is 0.860. The van der Waals surface area contributed by atoms with Gasteiger partial charge in [-0.25, -0.2) is 4.39 Å². The molecule has 4 heteroatoms. The van der Waals surface area contributed by atoms with E-state index in [-0.39, 0.29) is 5.82 Å². The van der Waals surface area contributed by atoms with Gasteiger partial charge >= 0.3 is 0 Å². The van der Waals surface area contributed by atoms with E-state index >= 15 is 0 Å². The van der Waals surface area contributed by atoms with E-state index in [4.69, 9.17) is 0 Å². The van der Waals surface area contributed by atoms with E-state index in [2.05, 4.69) is 10.5 Å². The summed E-state index contributed by atoms with van der Waals surface area (Å²) in [6.45, 7) is 0. The second-order valence-corrected chi connectivity index (χ2v) is 4.67. The molecule has 0 unspecified atom stereocenters. The lowest BCUT2D eigenvalue weighted by Gasteiger charge is -2.16. The zero-order valence-electron chi connectivity index (χ0n) is 8.85. The van der Waals surface area contributed by atoms with Gasteiger partial charge in [0.15, 0.2) is 0 Å². The van der Waals surface area contributed by atoms with Crippen molar-refractivity contribution in [1.82, 2.24) is 0 Å².